The molecule has 28 heavy (non-hydrogen) atoms. The SMILES string of the molecule is CCCCOc1ccc(/C=C2\SC(=S)N(CC(=O)OC(C)C)C2=O)cc1OC. The summed E-state index contributed by atoms with van der Waals surface area (Å²) >= 11 is 6.41. The number of nitrogens with zero attached hydrogens (tertiary/aromatic N) is 1. The molecule has 1 heterocycles. The Morgan fingerprint density at radius 2 is 2.07 bits per heavy atom. The zero-order valence-corrected chi connectivity index (χ0v) is 18.2. The number of carbonyl (C=O) groups excluding carboxylic acids is 2. The molecule has 1 saturated heterocycles. The van der Waals surface area contributed by atoms with Gasteiger partial charge in [-0.1, -0.05) is 43.4 Å². The number of thioether (sulfide) groups is 1. The topological polar surface area (TPSA) is 65.1 Å². The van der Waals surface area contributed by atoms with Gasteiger partial charge in [0, 0.05) is 0 Å². The third-order valence-electron chi connectivity index (χ3n) is 3.77. The quantitative estimate of drug-likeness (QED) is 0.257. The Morgan fingerprint density at radius 1 is 1.32 bits per heavy atom. The third-order valence-corrected chi connectivity index (χ3v) is 5.15. The minimum Gasteiger partial charge on any atom is -0.493 e. The average molecular weight is 424 g/mol. The standard InChI is InChI=1S/C20H25NO5S2/c1-5-6-9-25-15-8-7-14(10-16(15)24-4)11-17-19(23)21(20(27)28-17)12-18(22)26-13(2)3/h7-8,10-11,13H,5-6,9,12H2,1-4H3/b17-11-. The maximum Gasteiger partial charge on any atom is 0.326 e. The molecule has 2 rings (SSSR count). The minimum absolute atomic E-state index is 0.187. The van der Waals surface area contributed by atoms with Crippen LogP contribution in [0.2, 0.25) is 0 Å². The molecule has 0 N–H and O–H groups in total. The van der Waals surface area contributed by atoms with Gasteiger partial charge < -0.3 is 14.2 Å². The molecule has 1 aromatic rings. The van der Waals surface area contributed by atoms with Crippen LogP contribution in [0.15, 0.2) is 23.1 Å². The molecular weight excluding hydrogens is 398 g/mol. The largest absolute Gasteiger partial charge is 0.493 e. The monoisotopic (exact) mass is 423 g/mol. The second-order valence-electron chi connectivity index (χ2n) is 6.42. The lowest BCUT2D eigenvalue weighted by Gasteiger charge is -2.15. The zero-order valence-electron chi connectivity index (χ0n) is 16.5. The summed E-state index contributed by atoms with van der Waals surface area (Å²) in [6, 6.07) is 5.48. The van der Waals surface area contributed by atoms with Crippen molar-refractivity contribution in [2.45, 2.75) is 39.7 Å². The summed E-state index contributed by atoms with van der Waals surface area (Å²) in [6.45, 7) is 6.05. The summed E-state index contributed by atoms with van der Waals surface area (Å²) in [5, 5.41) is 0. The molecule has 1 aliphatic heterocycles. The van der Waals surface area contributed by atoms with Crippen LogP contribution in [-0.4, -0.2) is 47.5 Å². The second kappa shape index (κ2) is 10.5. The molecule has 0 atom stereocenters. The minimum atomic E-state index is -0.484. The summed E-state index contributed by atoms with van der Waals surface area (Å²) < 4.78 is 16.6. The van der Waals surface area contributed by atoms with Crippen LogP contribution in [0.25, 0.3) is 6.08 Å². The molecule has 1 amide bonds. The van der Waals surface area contributed by atoms with Crippen molar-refractivity contribution in [2.24, 2.45) is 0 Å². The Balaban J connectivity index is 2.13. The first-order valence-corrected chi connectivity index (χ1v) is 10.3. The van der Waals surface area contributed by atoms with Gasteiger partial charge in [0.25, 0.3) is 5.91 Å². The number of rotatable bonds is 9. The van der Waals surface area contributed by atoms with Crippen molar-refractivity contribution in [3.05, 3.63) is 28.7 Å². The first-order valence-electron chi connectivity index (χ1n) is 9.11. The van der Waals surface area contributed by atoms with E-state index >= 15 is 0 Å². The lowest BCUT2D eigenvalue weighted by molar-refractivity contribution is -0.149. The highest BCUT2D eigenvalue weighted by Gasteiger charge is 2.34. The Hall–Kier alpha value is -2.06. The maximum atomic E-state index is 12.6. The first kappa shape index (κ1) is 22.2. The molecule has 152 valence electrons. The van der Waals surface area contributed by atoms with E-state index in [2.05, 4.69) is 6.92 Å². The highest BCUT2D eigenvalue weighted by molar-refractivity contribution is 8.26. The van der Waals surface area contributed by atoms with Crippen molar-refractivity contribution in [1.82, 2.24) is 4.90 Å². The van der Waals surface area contributed by atoms with Gasteiger partial charge >= 0.3 is 5.97 Å². The van der Waals surface area contributed by atoms with Gasteiger partial charge in [-0.05, 0) is 44.0 Å². The highest BCUT2D eigenvalue weighted by Crippen LogP contribution is 2.34. The third kappa shape index (κ3) is 5.97. The van der Waals surface area contributed by atoms with Crippen molar-refractivity contribution < 1.29 is 23.8 Å². The van der Waals surface area contributed by atoms with E-state index in [-0.39, 0.29) is 18.6 Å². The number of methoxy groups -OCH3 is 1. The molecule has 1 aromatic carbocycles. The number of carbonyl (C=O) groups is 2. The van der Waals surface area contributed by atoms with E-state index in [1.165, 1.54) is 4.90 Å². The van der Waals surface area contributed by atoms with E-state index in [1.807, 2.05) is 12.1 Å². The maximum absolute atomic E-state index is 12.6. The van der Waals surface area contributed by atoms with E-state index < -0.39 is 5.97 Å². The van der Waals surface area contributed by atoms with Crippen molar-refractivity contribution in [1.29, 1.82) is 0 Å². The van der Waals surface area contributed by atoms with Crippen LogP contribution in [0.3, 0.4) is 0 Å². The molecule has 0 saturated carbocycles. The Morgan fingerprint density at radius 3 is 2.71 bits per heavy atom. The summed E-state index contributed by atoms with van der Waals surface area (Å²) in [7, 11) is 1.58. The normalized spacial score (nSPS) is 15.5. The number of esters is 1. The highest BCUT2D eigenvalue weighted by atomic mass is 32.2. The molecule has 6 nitrogen and oxygen atoms in total. The van der Waals surface area contributed by atoms with Gasteiger partial charge in [0.2, 0.25) is 0 Å². The Kier molecular flexibility index (Phi) is 8.32. The van der Waals surface area contributed by atoms with Gasteiger partial charge in [0.15, 0.2) is 11.5 Å². The van der Waals surface area contributed by atoms with Crippen molar-refractivity contribution in [2.75, 3.05) is 20.3 Å². The van der Waals surface area contributed by atoms with Crippen LogP contribution < -0.4 is 9.47 Å². The predicted molar refractivity (Wildman–Crippen MR) is 115 cm³/mol. The molecule has 0 bridgehead atoms. The van der Waals surface area contributed by atoms with Gasteiger partial charge in [-0.2, -0.15) is 0 Å². The van der Waals surface area contributed by atoms with E-state index in [9.17, 15) is 9.59 Å². The molecule has 1 aliphatic rings. The van der Waals surface area contributed by atoms with Gasteiger partial charge in [-0.3, -0.25) is 14.5 Å². The van der Waals surface area contributed by atoms with Crippen molar-refractivity contribution >= 4 is 46.3 Å². The number of ether oxygens (including phenoxy) is 3. The number of benzene rings is 1. The van der Waals surface area contributed by atoms with Crippen LogP contribution in [0.4, 0.5) is 0 Å². The molecule has 8 heteroatoms. The van der Waals surface area contributed by atoms with Crippen LogP contribution in [0, 0.1) is 0 Å². The lowest BCUT2D eigenvalue weighted by Crippen LogP contribution is -2.35. The van der Waals surface area contributed by atoms with E-state index in [0.29, 0.717) is 27.3 Å². The molecule has 0 unspecified atom stereocenters. The lowest BCUT2D eigenvalue weighted by atomic mass is 10.2. The van der Waals surface area contributed by atoms with Crippen LogP contribution >= 0.6 is 24.0 Å². The summed E-state index contributed by atoms with van der Waals surface area (Å²) in [4.78, 5) is 26.2. The fourth-order valence-electron chi connectivity index (χ4n) is 2.44. The summed E-state index contributed by atoms with van der Waals surface area (Å²) in [5.41, 5.74) is 0.782. The second-order valence-corrected chi connectivity index (χ2v) is 8.09. The predicted octanol–water partition coefficient (Wildman–Crippen LogP) is 4.03. The fourth-order valence-corrected chi connectivity index (χ4v) is 3.69. The molecular formula is C20H25NO5S2. The Labute approximate surface area is 175 Å². The van der Waals surface area contributed by atoms with Crippen LogP contribution in [0.5, 0.6) is 11.5 Å². The number of unbranched alkanes of at least 4 members (excludes halogenated alkanes) is 1. The number of hydrogen-bond acceptors (Lipinski definition) is 7. The van der Waals surface area contributed by atoms with Gasteiger partial charge in [-0.15, -0.1) is 0 Å². The molecule has 1 fully saturated rings. The van der Waals surface area contributed by atoms with Gasteiger partial charge in [0.1, 0.15) is 10.9 Å². The van der Waals surface area contributed by atoms with E-state index in [1.54, 1.807) is 33.1 Å². The fraction of sp³-hybridized carbons (Fsp3) is 0.450. The van der Waals surface area contributed by atoms with Gasteiger partial charge in [-0.25, -0.2) is 0 Å². The van der Waals surface area contributed by atoms with Crippen molar-refractivity contribution in [3.63, 3.8) is 0 Å². The van der Waals surface area contributed by atoms with E-state index in [4.69, 9.17) is 26.4 Å². The first-order chi connectivity index (χ1) is 13.3. The number of hydrogen-bond donors (Lipinski definition) is 0. The number of thiocarbonyl (C=S) groups is 1. The van der Waals surface area contributed by atoms with Crippen molar-refractivity contribution in [3.8, 4) is 11.5 Å². The summed E-state index contributed by atoms with van der Waals surface area (Å²) in [5.74, 6) is 0.471. The zero-order chi connectivity index (χ0) is 20.7. The Bertz CT molecular complexity index is 776. The molecule has 0 radical (unpaired) electrons. The average Bonchev–Trinajstić information content (AvgIpc) is 2.89. The summed E-state index contributed by atoms with van der Waals surface area (Å²) in [6.07, 6.45) is 3.50. The smallest absolute Gasteiger partial charge is 0.326 e. The van der Waals surface area contributed by atoms with Gasteiger partial charge in [0.05, 0.1) is 24.7 Å². The van der Waals surface area contributed by atoms with Crippen LogP contribution in [-0.2, 0) is 14.3 Å². The number of amides is 1. The molecule has 0 aliphatic carbocycles. The molecule has 0 aromatic heterocycles. The van der Waals surface area contributed by atoms with E-state index in [0.717, 1.165) is 30.2 Å². The van der Waals surface area contributed by atoms with Crippen LogP contribution in [0.1, 0.15) is 39.2 Å². The molecule has 0 spiro atoms.